The maximum atomic E-state index is 13.0. The molecule has 0 fully saturated rings. The van der Waals surface area contributed by atoms with Crippen LogP contribution < -0.4 is 15.4 Å². The number of hydrogen-bond acceptors (Lipinski definition) is 7. The Labute approximate surface area is 261 Å². The first kappa shape index (κ1) is 31.1. The molecule has 10 heteroatoms. The van der Waals surface area contributed by atoms with Gasteiger partial charge in [-0.25, -0.2) is 13.4 Å². The molecule has 0 aliphatic carbocycles. The average Bonchev–Trinajstić information content (AvgIpc) is 3.49. The number of carbonyl (C=O) groups excluding carboxylic acids is 1. The molecule has 0 aliphatic rings. The third kappa shape index (κ3) is 8.61. The Balaban J connectivity index is 1.11. The van der Waals surface area contributed by atoms with Crippen molar-refractivity contribution in [2.75, 3.05) is 23.1 Å². The summed E-state index contributed by atoms with van der Waals surface area (Å²) < 4.78 is 28.7. The topological polar surface area (TPSA) is 120 Å². The van der Waals surface area contributed by atoms with Gasteiger partial charge in [0, 0.05) is 42.2 Å². The number of aliphatic hydroxyl groups excluding tert-OH is 1. The Bertz CT molecular complexity index is 1770. The summed E-state index contributed by atoms with van der Waals surface area (Å²) in [5, 5.41) is 19.2. The molecule has 8 nitrogen and oxygen atoms in total. The number of benzene rings is 4. The molecule has 5 rings (SSSR count). The molecule has 0 bridgehead atoms. The standard InChI is InChI=1S/C34H34N4O4S2/c1-24(39)36-29-15-11-27(12-16-29)32-23-43-34(37-32)21-26-9-17-31(18-10-26)44(41,42)38-30-13-7-25(8-14-30)19-20-35-22-33(40)28-5-3-2-4-6-28/h2-18,23,33,35,38,40H,19-22H2,1H3,(H,36,39)/t33-/m0/s1. The van der Waals surface area contributed by atoms with Crippen molar-refractivity contribution < 1.29 is 18.3 Å². The second-order valence-electron chi connectivity index (χ2n) is 10.4. The summed E-state index contributed by atoms with van der Waals surface area (Å²) in [5.41, 5.74) is 5.93. The molecule has 0 saturated carbocycles. The van der Waals surface area contributed by atoms with Crippen molar-refractivity contribution in [3.05, 3.63) is 130 Å². The number of hydrogen-bond donors (Lipinski definition) is 4. The third-order valence-corrected chi connectivity index (χ3v) is 9.21. The number of aromatic nitrogens is 1. The zero-order valence-corrected chi connectivity index (χ0v) is 25.9. The summed E-state index contributed by atoms with van der Waals surface area (Å²) in [6.07, 6.45) is 0.778. The van der Waals surface area contributed by atoms with Crippen LogP contribution in [0, 0.1) is 0 Å². The van der Waals surface area contributed by atoms with E-state index >= 15 is 0 Å². The van der Waals surface area contributed by atoms with Crippen molar-refractivity contribution >= 4 is 38.6 Å². The number of aliphatic hydroxyl groups is 1. The Hall–Kier alpha value is -4.35. The summed E-state index contributed by atoms with van der Waals surface area (Å²) in [7, 11) is -3.75. The van der Waals surface area contributed by atoms with Crippen molar-refractivity contribution in [1.29, 1.82) is 0 Å². The van der Waals surface area contributed by atoms with Crippen LogP contribution in [-0.2, 0) is 27.7 Å². The molecule has 1 aromatic heterocycles. The Morgan fingerprint density at radius 2 is 1.52 bits per heavy atom. The third-order valence-electron chi connectivity index (χ3n) is 6.96. The van der Waals surface area contributed by atoms with Gasteiger partial charge in [-0.15, -0.1) is 11.3 Å². The van der Waals surface area contributed by atoms with Gasteiger partial charge < -0.3 is 15.7 Å². The summed E-state index contributed by atoms with van der Waals surface area (Å²) in [6.45, 7) is 2.62. The highest BCUT2D eigenvalue weighted by molar-refractivity contribution is 7.92. The van der Waals surface area contributed by atoms with Crippen LogP contribution in [-0.4, -0.2) is 37.5 Å². The zero-order valence-electron chi connectivity index (χ0n) is 24.2. The number of thiazole rings is 1. The van der Waals surface area contributed by atoms with E-state index in [2.05, 4.69) is 15.4 Å². The molecule has 4 aromatic carbocycles. The van der Waals surface area contributed by atoms with Crippen LogP contribution >= 0.6 is 11.3 Å². The van der Waals surface area contributed by atoms with Gasteiger partial charge in [-0.1, -0.05) is 66.7 Å². The minimum atomic E-state index is -3.75. The Morgan fingerprint density at radius 1 is 0.864 bits per heavy atom. The minimum Gasteiger partial charge on any atom is -0.387 e. The van der Waals surface area contributed by atoms with Gasteiger partial charge in [0.25, 0.3) is 10.0 Å². The van der Waals surface area contributed by atoms with E-state index in [9.17, 15) is 18.3 Å². The average molecular weight is 627 g/mol. The quantitative estimate of drug-likeness (QED) is 0.119. The van der Waals surface area contributed by atoms with E-state index in [1.54, 1.807) is 35.6 Å². The first-order valence-corrected chi connectivity index (χ1v) is 16.6. The van der Waals surface area contributed by atoms with Gasteiger partial charge in [0.1, 0.15) is 0 Å². The van der Waals surface area contributed by atoms with Crippen LogP contribution in [0.2, 0.25) is 0 Å². The lowest BCUT2D eigenvalue weighted by atomic mass is 10.1. The van der Waals surface area contributed by atoms with Crippen molar-refractivity contribution in [3.8, 4) is 11.3 Å². The molecule has 1 amide bonds. The fraction of sp³-hybridized carbons (Fsp3) is 0.176. The molecule has 1 heterocycles. The fourth-order valence-electron chi connectivity index (χ4n) is 4.63. The van der Waals surface area contributed by atoms with Crippen LogP contribution in [0.25, 0.3) is 11.3 Å². The Kier molecular flexibility index (Phi) is 10.2. The predicted octanol–water partition coefficient (Wildman–Crippen LogP) is 6.03. The minimum absolute atomic E-state index is 0.116. The van der Waals surface area contributed by atoms with E-state index in [1.165, 1.54) is 6.92 Å². The van der Waals surface area contributed by atoms with E-state index < -0.39 is 16.1 Å². The largest absolute Gasteiger partial charge is 0.387 e. The second-order valence-corrected chi connectivity index (χ2v) is 13.0. The van der Waals surface area contributed by atoms with E-state index in [0.717, 1.165) is 45.1 Å². The second kappa shape index (κ2) is 14.4. The number of amides is 1. The van der Waals surface area contributed by atoms with Crippen LogP contribution in [0.15, 0.2) is 113 Å². The molecule has 44 heavy (non-hydrogen) atoms. The summed E-state index contributed by atoms with van der Waals surface area (Å²) in [4.78, 5) is 16.1. The molecule has 0 radical (unpaired) electrons. The van der Waals surface area contributed by atoms with E-state index in [-0.39, 0.29) is 10.8 Å². The number of nitrogens with zero attached hydrogens (tertiary/aromatic N) is 1. The van der Waals surface area contributed by atoms with Crippen LogP contribution in [0.5, 0.6) is 0 Å². The summed E-state index contributed by atoms with van der Waals surface area (Å²) in [6, 6.07) is 31.2. The van der Waals surface area contributed by atoms with Crippen molar-refractivity contribution in [2.24, 2.45) is 0 Å². The van der Waals surface area contributed by atoms with Gasteiger partial charge in [-0.05, 0) is 66.1 Å². The fourth-order valence-corrected chi connectivity index (χ4v) is 6.53. The van der Waals surface area contributed by atoms with Crippen LogP contribution in [0.3, 0.4) is 0 Å². The number of sulfonamides is 1. The smallest absolute Gasteiger partial charge is 0.261 e. The lowest BCUT2D eigenvalue weighted by Gasteiger charge is -2.12. The van der Waals surface area contributed by atoms with Gasteiger partial charge >= 0.3 is 0 Å². The molecular formula is C34H34N4O4S2. The van der Waals surface area contributed by atoms with Crippen molar-refractivity contribution in [1.82, 2.24) is 10.3 Å². The van der Waals surface area contributed by atoms with Crippen molar-refractivity contribution in [3.63, 3.8) is 0 Å². The molecular weight excluding hydrogens is 593 g/mol. The molecule has 0 aliphatic heterocycles. The molecule has 5 aromatic rings. The molecule has 0 spiro atoms. The molecule has 0 saturated heterocycles. The lowest BCUT2D eigenvalue weighted by molar-refractivity contribution is -0.114. The zero-order chi connectivity index (χ0) is 30.9. The van der Waals surface area contributed by atoms with Crippen molar-refractivity contribution in [2.45, 2.75) is 30.8 Å². The van der Waals surface area contributed by atoms with Gasteiger partial charge in [0.15, 0.2) is 0 Å². The van der Waals surface area contributed by atoms with E-state index in [1.807, 2.05) is 84.2 Å². The van der Waals surface area contributed by atoms with Gasteiger partial charge in [0.2, 0.25) is 5.91 Å². The molecule has 4 N–H and O–H groups in total. The first-order chi connectivity index (χ1) is 21.2. The SMILES string of the molecule is CC(=O)Nc1ccc(-c2csc(Cc3ccc(S(=O)(=O)Nc4ccc(CCNC[C@H](O)c5ccccc5)cc4)cc3)n2)cc1. The maximum Gasteiger partial charge on any atom is 0.261 e. The molecule has 1 atom stereocenters. The number of rotatable bonds is 13. The molecule has 0 unspecified atom stereocenters. The van der Waals surface area contributed by atoms with Crippen LogP contribution in [0.1, 0.15) is 34.7 Å². The number of nitrogens with one attached hydrogen (secondary N) is 3. The highest BCUT2D eigenvalue weighted by Crippen LogP contribution is 2.26. The highest BCUT2D eigenvalue weighted by atomic mass is 32.2. The normalized spacial score (nSPS) is 12.0. The van der Waals surface area contributed by atoms with E-state index in [0.29, 0.717) is 25.2 Å². The number of anilines is 2. The molecule has 226 valence electrons. The highest BCUT2D eigenvalue weighted by Gasteiger charge is 2.15. The maximum absolute atomic E-state index is 13.0. The Morgan fingerprint density at radius 3 is 2.20 bits per heavy atom. The van der Waals surface area contributed by atoms with Gasteiger partial charge in [0.05, 0.1) is 21.7 Å². The summed E-state index contributed by atoms with van der Waals surface area (Å²) >= 11 is 1.55. The van der Waals surface area contributed by atoms with Gasteiger partial charge in [-0.2, -0.15) is 0 Å². The number of carbonyl (C=O) groups is 1. The predicted molar refractivity (Wildman–Crippen MR) is 176 cm³/mol. The van der Waals surface area contributed by atoms with Crippen LogP contribution in [0.4, 0.5) is 11.4 Å². The first-order valence-electron chi connectivity index (χ1n) is 14.2. The summed E-state index contributed by atoms with van der Waals surface area (Å²) in [5.74, 6) is -0.116. The van der Waals surface area contributed by atoms with Gasteiger partial charge in [-0.3, -0.25) is 9.52 Å². The monoisotopic (exact) mass is 626 g/mol. The van der Waals surface area contributed by atoms with E-state index in [4.69, 9.17) is 4.98 Å². The lowest BCUT2D eigenvalue weighted by Crippen LogP contribution is -2.23.